The van der Waals surface area contributed by atoms with Gasteiger partial charge < -0.3 is 0 Å². The zero-order chi connectivity index (χ0) is 17.9. The van der Waals surface area contributed by atoms with E-state index >= 15 is 0 Å². The fourth-order valence-electron chi connectivity index (χ4n) is 3.57. The minimum absolute atomic E-state index is 1.18. The molecule has 0 N–H and O–H groups in total. The smallest absolute Gasteiger partial charge is 0.0619 e. The van der Waals surface area contributed by atoms with Gasteiger partial charge in [0, 0.05) is 0 Å². The van der Waals surface area contributed by atoms with E-state index in [9.17, 15) is 0 Å². The molecule has 3 rings (SSSR count). The Morgan fingerprint density at radius 2 is 0.800 bits per heavy atom. The Labute approximate surface area is 153 Å². The van der Waals surface area contributed by atoms with Crippen LogP contribution in [0, 0.1) is 20.8 Å². The van der Waals surface area contributed by atoms with E-state index in [0.717, 1.165) is 0 Å². The lowest BCUT2D eigenvalue weighted by molar-refractivity contribution is 1.10. The molecule has 0 unspecified atom stereocenters. The Kier molecular flexibility index (Phi) is 5.40. The monoisotopic (exact) mass is 347 g/mol. The number of hydrogen-bond donors (Lipinski definition) is 0. The predicted molar refractivity (Wildman–Crippen MR) is 115 cm³/mol. The van der Waals surface area contributed by atoms with Gasteiger partial charge in [-0.3, -0.25) is 0 Å². The molecule has 0 bridgehead atoms. The largest absolute Gasteiger partial charge is 0.112 e. The van der Waals surface area contributed by atoms with Crippen molar-refractivity contribution in [2.24, 2.45) is 0 Å². The molecule has 0 atom stereocenters. The van der Waals surface area contributed by atoms with Crippen molar-refractivity contribution in [3.05, 3.63) is 89.5 Å². The molecule has 0 saturated carbocycles. The molecular formula is C24H28P+. The molecule has 0 radical (unpaired) electrons. The Balaban J connectivity index is 2.28. The first-order valence-electron chi connectivity index (χ1n) is 9.16. The molecule has 0 aliphatic heterocycles. The maximum Gasteiger partial charge on any atom is 0.112 e. The van der Waals surface area contributed by atoms with E-state index in [0.29, 0.717) is 0 Å². The van der Waals surface area contributed by atoms with Gasteiger partial charge in [-0.1, -0.05) is 60.0 Å². The first-order valence-corrected chi connectivity index (χ1v) is 11.1. The third-order valence-electron chi connectivity index (χ3n) is 4.98. The number of rotatable bonds is 5. The minimum Gasteiger partial charge on any atom is -0.0619 e. The average molecular weight is 347 g/mol. The second kappa shape index (κ2) is 7.54. The molecular weight excluding hydrogens is 319 g/mol. The van der Waals surface area contributed by atoms with E-state index in [4.69, 9.17) is 0 Å². The Morgan fingerprint density at radius 1 is 0.520 bits per heavy atom. The highest BCUT2D eigenvalue weighted by molar-refractivity contribution is 7.95. The van der Waals surface area contributed by atoms with Crippen LogP contribution in [0.3, 0.4) is 0 Å². The van der Waals surface area contributed by atoms with Crippen LogP contribution in [0.2, 0.25) is 0 Å². The summed E-state index contributed by atoms with van der Waals surface area (Å²) in [6.07, 6.45) is 2.39. The van der Waals surface area contributed by atoms with Crippen molar-refractivity contribution in [1.82, 2.24) is 0 Å². The Bertz CT molecular complexity index is 701. The van der Waals surface area contributed by atoms with Crippen LogP contribution in [0.1, 0.15) is 30.0 Å². The second-order valence-corrected chi connectivity index (χ2v) is 10.7. The van der Waals surface area contributed by atoms with Crippen LogP contribution in [0.4, 0.5) is 0 Å². The predicted octanol–water partition coefficient (Wildman–Crippen LogP) is 5.32. The number of hydrogen-bond acceptors (Lipinski definition) is 0. The molecule has 128 valence electrons. The summed E-state index contributed by atoms with van der Waals surface area (Å²) in [7, 11) is -1.61. The van der Waals surface area contributed by atoms with E-state index in [1.54, 1.807) is 0 Å². The van der Waals surface area contributed by atoms with Gasteiger partial charge in [0.1, 0.15) is 23.2 Å². The molecule has 0 aliphatic rings. The second-order valence-electron chi connectivity index (χ2n) is 7.04. The zero-order valence-electron chi connectivity index (χ0n) is 15.8. The van der Waals surface area contributed by atoms with Crippen LogP contribution in [-0.2, 0) is 0 Å². The third kappa shape index (κ3) is 3.55. The number of benzene rings is 3. The van der Waals surface area contributed by atoms with Crippen molar-refractivity contribution in [1.29, 1.82) is 0 Å². The summed E-state index contributed by atoms with van der Waals surface area (Å²) >= 11 is 0. The summed E-state index contributed by atoms with van der Waals surface area (Å²) < 4.78 is 0. The van der Waals surface area contributed by atoms with Crippen molar-refractivity contribution >= 4 is 23.2 Å². The van der Waals surface area contributed by atoms with Crippen molar-refractivity contribution in [3.8, 4) is 0 Å². The molecule has 0 aliphatic carbocycles. The van der Waals surface area contributed by atoms with E-state index in [-0.39, 0.29) is 0 Å². The first kappa shape index (κ1) is 17.9. The van der Waals surface area contributed by atoms with Gasteiger partial charge in [0.15, 0.2) is 0 Å². The molecule has 0 spiro atoms. The van der Waals surface area contributed by atoms with E-state index in [2.05, 4.69) is 100 Å². The molecule has 0 aromatic heterocycles. The highest BCUT2D eigenvalue weighted by atomic mass is 31.2. The van der Waals surface area contributed by atoms with Gasteiger partial charge in [0.2, 0.25) is 0 Å². The fraction of sp³-hybridized carbons (Fsp3) is 0.250. The fourth-order valence-corrected chi connectivity index (χ4v) is 7.88. The van der Waals surface area contributed by atoms with Gasteiger partial charge in [0.05, 0.1) is 6.16 Å². The molecule has 0 nitrogen and oxygen atoms in total. The molecule has 0 fully saturated rings. The summed E-state index contributed by atoms with van der Waals surface area (Å²) in [5.74, 6) is 0. The Morgan fingerprint density at radius 3 is 1.04 bits per heavy atom. The van der Waals surface area contributed by atoms with Crippen molar-refractivity contribution in [3.63, 3.8) is 0 Å². The van der Waals surface area contributed by atoms with Gasteiger partial charge >= 0.3 is 0 Å². The molecule has 0 amide bonds. The first-order chi connectivity index (χ1) is 12.1. The third-order valence-corrected chi connectivity index (χ3v) is 9.64. The summed E-state index contributed by atoms with van der Waals surface area (Å²) in [5.41, 5.74) is 3.98. The van der Waals surface area contributed by atoms with Crippen LogP contribution >= 0.6 is 7.26 Å². The van der Waals surface area contributed by atoms with E-state index in [1.165, 1.54) is 45.2 Å². The molecule has 1 heteroatoms. The molecule has 0 heterocycles. The standard InChI is InChI=1S/C24H28P/c1-5-18-25(22-12-6-19(2)7-13-22,23-14-8-20(3)9-15-23)24-16-10-21(4)11-17-24/h6-17H,5,18H2,1-4H3/q+1. The lowest BCUT2D eigenvalue weighted by Gasteiger charge is -2.27. The maximum atomic E-state index is 2.36. The maximum absolute atomic E-state index is 2.36. The molecule has 25 heavy (non-hydrogen) atoms. The van der Waals surface area contributed by atoms with Gasteiger partial charge in [-0.05, 0) is 63.6 Å². The average Bonchev–Trinajstić information content (AvgIpc) is 2.62. The van der Waals surface area contributed by atoms with E-state index in [1.807, 2.05) is 0 Å². The summed E-state index contributed by atoms with van der Waals surface area (Å²) in [6.45, 7) is 8.82. The molecule has 3 aromatic rings. The van der Waals surface area contributed by atoms with Crippen LogP contribution in [-0.4, -0.2) is 6.16 Å². The van der Waals surface area contributed by atoms with Crippen LogP contribution in [0.15, 0.2) is 72.8 Å². The SMILES string of the molecule is CCC[P+](c1ccc(C)cc1)(c1ccc(C)cc1)c1ccc(C)cc1. The Hall–Kier alpha value is -1.91. The van der Waals surface area contributed by atoms with Gasteiger partial charge in [0.25, 0.3) is 0 Å². The van der Waals surface area contributed by atoms with Crippen molar-refractivity contribution in [2.45, 2.75) is 34.1 Å². The highest BCUT2D eigenvalue weighted by Gasteiger charge is 2.44. The molecule has 0 saturated heterocycles. The summed E-state index contributed by atoms with van der Waals surface area (Å²) in [6, 6.07) is 27.8. The normalized spacial score (nSPS) is 11.5. The number of aryl methyl sites for hydroxylation is 3. The summed E-state index contributed by atoms with van der Waals surface area (Å²) in [5, 5.41) is 4.48. The lowest BCUT2D eigenvalue weighted by atomic mass is 10.2. The van der Waals surface area contributed by atoms with Crippen LogP contribution < -0.4 is 15.9 Å². The van der Waals surface area contributed by atoms with Crippen molar-refractivity contribution < 1.29 is 0 Å². The van der Waals surface area contributed by atoms with Crippen LogP contribution in [0.5, 0.6) is 0 Å². The van der Waals surface area contributed by atoms with Gasteiger partial charge in [-0.25, -0.2) is 0 Å². The molecule has 3 aromatic carbocycles. The van der Waals surface area contributed by atoms with Gasteiger partial charge in [-0.15, -0.1) is 0 Å². The van der Waals surface area contributed by atoms with E-state index < -0.39 is 7.26 Å². The van der Waals surface area contributed by atoms with Crippen LogP contribution in [0.25, 0.3) is 0 Å². The zero-order valence-corrected chi connectivity index (χ0v) is 16.7. The highest BCUT2D eigenvalue weighted by Crippen LogP contribution is 2.55. The summed E-state index contributed by atoms with van der Waals surface area (Å²) in [4.78, 5) is 0. The lowest BCUT2D eigenvalue weighted by Crippen LogP contribution is -2.33. The minimum atomic E-state index is -1.61. The van der Waals surface area contributed by atoms with Gasteiger partial charge in [-0.2, -0.15) is 0 Å². The van der Waals surface area contributed by atoms with Crippen molar-refractivity contribution in [2.75, 3.05) is 6.16 Å². The quantitative estimate of drug-likeness (QED) is 0.548. The topological polar surface area (TPSA) is 0 Å².